The molecule has 28 heavy (non-hydrogen) atoms. The molecule has 5 nitrogen and oxygen atoms in total. The summed E-state index contributed by atoms with van der Waals surface area (Å²) in [4.78, 5) is 24.7. The van der Waals surface area contributed by atoms with Crippen molar-refractivity contribution in [2.75, 3.05) is 6.54 Å². The van der Waals surface area contributed by atoms with Crippen molar-refractivity contribution in [1.82, 2.24) is 10.8 Å². The second-order valence-electron chi connectivity index (χ2n) is 6.10. The van der Waals surface area contributed by atoms with Gasteiger partial charge in [0.15, 0.2) is 0 Å². The lowest BCUT2D eigenvalue weighted by molar-refractivity contribution is -0.116. The summed E-state index contributed by atoms with van der Waals surface area (Å²) in [6, 6.07) is 23.4. The topological polar surface area (TPSA) is 78.4 Å². The first kappa shape index (κ1) is 19.5. The third-order valence-corrected chi connectivity index (χ3v) is 5.28. The molecule has 0 radical (unpaired) electrons. The summed E-state index contributed by atoms with van der Waals surface area (Å²) in [5.41, 5.74) is 3.86. The lowest BCUT2D eigenvalue weighted by atomic mass is 9.91. The van der Waals surface area contributed by atoms with Gasteiger partial charge in [0.1, 0.15) is 0 Å². The zero-order valence-corrected chi connectivity index (χ0v) is 15.9. The number of carbonyl (C=O) groups is 2. The normalized spacial score (nSPS) is 10.9. The Morgan fingerprint density at radius 1 is 0.929 bits per heavy atom. The number of hydrogen-bond acceptors (Lipinski definition) is 4. The van der Waals surface area contributed by atoms with Gasteiger partial charge in [-0.2, -0.15) is 0 Å². The minimum atomic E-state index is -0.567. The lowest BCUT2D eigenvalue weighted by Gasteiger charge is -2.18. The van der Waals surface area contributed by atoms with E-state index in [9.17, 15) is 9.59 Å². The largest absolute Gasteiger partial charge is 0.352 e. The molecule has 0 aliphatic heterocycles. The molecule has 2 aromatic carbocycles. The molecule has 6 heteroatoms. The number of hydrogen-bond donors (Lipinski definition) is 3. The maximum atomic E-state index is 12.3. The molecule has 0 saturated carbocycles. The summed E-state index contributed by atoms with van der Waals surface area (Å²) >= 11 is 1.19. The van der Waals surface area contributed by atoms with Gasteiger partial charge >= 0.3 is 0 Å². The minimum Gasteiger partial charge on any atom is -0.352 e. The van der Waals surface area contributed by atoms with Crippen molar-refractivity contribution in [2.24, 2.45) is 0 Å². The minimum absolute atomic E-state index is 0.0568. The van der Waals surface area contributed by atoms with Gasteiger partial charge in [0.2, 0.25) is 5.91 Å². The molecule has 0 bridgehead atoms. The van der Waals surface area contributed by atoms with Crippen LogP contribution in [0.2, 0.25) is 0 Å². The first-order chi connectivity index (χ1) is 13.7. The first-order valence-electron chi connectivity index (χ1n) is 8.77. The van der Waals surface area contributed by atoms with Gasteiger partial charge in [0.25, 0.3) is 5.91 Å². The van der Waals surface area contributed by atoms with Gasteiger partial charge in [-0.25, -0.2) is 5.48 Å². The van der Waals surface area contributed by atoms with Gasteiger partial charge < -0.3 is 5.32 Å². The molecular weight excluding hydrogens is 372 g/mol. The van der Waals surface area contributed by atoms with Crippen molar-refractivity contribution in [1.29, 1.82) is 0 Å². The average molecular weight is 392 g/mol. The summed E-state index contributed by atoms with van der Waals surface area (Å²) in [7, 11) is 0. The highest BCUT2D eigenvalue weighted by molar-refractivity contribution is 7.14. The molecule has 0 saturated heterocycles. The van der Waals surface area contributed by atoms with Crippen LogP contribution in [0, 0.1) is 0 Å². The molecule has 3 aromatic rings. The molecule has 1 aromatic heterocycles. The molecular formula is C22H20N2O3S. The van der Waals surface area contributed by atoms with Crippen molar-refractivity contribution in [3.8, 4) is 0 Å². The second-order valence-corrected chi connectivity index (χ2v) is 7.21. The number of rotatable bonds is 7. The van der Waals surface area contributed by atoms with Gasteiger partial charge in [-0.15, -0.1) is 11.3 Å². The number of benzene rings is 2. The van der Waals surface area contributed by atoms with Crippen molar-refractivity contribution in [3.63, 3.8) is 0 Å². The fourth-order valence-corrected chi connectivity index (χ4v) is 3.64. The maximum absolute atomic E-state index is 12.3. The number of thiophene rings is 1. The highest BCUT2D eigenvalue weighted by atomic mass is 32.1. The maximum Gasteiger partial charge on any atom is 0.284 e. The van der Waals surface area contributed by atoms with Gasteiger partial charge in [-0.05, 0) is 29.3 Å². The standard InChI is InChI=1S/C22H20N2O3S/c25-21(14-12-18-11-13-20(28-18)22(26)24-27)23-15-19(16-7-3-1-4-8-16)17-9-5-2-6-10-17/h1-14,19,27H,15H2,(H,23,25)(H,24,26)/b14-12+. The Morgan fingerprint density at radius 3 is 2.11 bits per heavy atom. The second kappa shape index (κ2) is 9.64. The van der Waals surface area contributed by atoms with E-state index in [4.69, 9.17) is 5.21 Å². The Balaban J connectivity index is 1.65. The van der Waals surface area contributed by atoms with Crippen LogP contribution < -0.4 is 10.8 Å². The number of amides is 2. The van der Waals surface area contributed by atoms with E-state index in [1.54, 1.807) is 23.7 Å². The average Bonchev–Trinajstić information content (AvgIpc) is 3.22. The van der Waals surface area contributed by atoms with E-state index >= 15 is 0 Å². The van der Waals surface area contributed by atoms with Crippen LogP contribution in [0.1, 0.15) is 31.6 Å². The smallest absolute Gasteiger partial charge is 0.284 e. The summed E-state index contributed by atoms with van der Waals surface area (Å²) in [6.45, 7) is 0.472. The molecule has 1 heterocycles. The van der Waals surface area contributed by atoms with Crippen LogP contribution in [0.3, 0.4) is 0 Å². The van der Waals surface area contributed by atoms with Crippen molar-refractivity contribution < 1.29 is 14.8 Å². The molecule has 0 atom stereocenters. The van der Waals surface area contributed by atoms with E-state index in [1.165, 1.54) is 17.4 Å². The van der Waals surface area contributed by atoms with Crippen molar-refractivity contribution in [2.45, 2.75) is 5.92 Å². The van der Waals surface area contributed by atoms with Crippen LogP contribution in [-0.4, -0.2) is 23.6 Å². The van der Waals surface area contributed by atoms with Gasteiger partial charge in [0.05, 0.1) is 4.88 Å². The van der Waals surface area contributed by atoms with E-state index in [0.29, 0.717) is 11.4 Å². The Morgan fingerprint density at radius 2 is 1.54 bits per heavy atom. The van der Waals surface area contributed by atoms with E-state index in [1.807, 2.05) is 36.4 Å². The molecule has 0 unspecified atom stereocenters. The van der Waals surface area contributed by atoms with Crippen LogP contribution in [0.5, 0.6) is 0 Å². The van der Waals surface area contributed by atoms with E-state index in [0.717, 1.165) is 16.0 Å². The van der Waals surface area contributed by atoms with Gasteiger partial charge in [-0.1, -0.05) is 60.7 Å². The summed E-state index contributed by atoms with van der Waals surface area (Å²) in [5, 5.41) is 11.6. The molecule has 142 valence electrons. The fourth-order valence-electron chi connectivity index (χ4n) is 2.84. The monoisotopic (exact) mass is 392 g/mol. The van der Waals surface area contributed by atoms with Crippen LogP contribution >= 0.6 is 11.3 Å². The van der Waals surface area contributed by atoms with Crippen LogP contribution in [0.4, 0.5) is 0 Å². The number of hydroxylamine groups is 1. The number of nitrogens with one attached hydrogen (secondary N) is 2. The highest BCUT2D eigenvalue weighted by Gasteiger charge is 2.14. The van der Waals surface area contributed by atoms with Crippen LogP contribution in [0.25, 0.3) is 6.08 Å². The molecule has 3 rings (SSSR count). The van der Waals surface area contributed by atoms with E-state index < -0.39 is 5.91 Å². The Labute approximate surface area is 167 Å². The third-order valence-electron chi connectivity index (χ3n) is 4.24. The predicted octanol–water partition coefficient (Wildman–Crippen LogP) is 3.83. The zero-order chi connectivity index (χ0) is 19.8. The van der Waals surface area contributed by atoms with Gasteiger partial charge in [0, 0.05) is 23.4 Å². The van der Waals surface area contributed by atoms with Crippen LogP contribution in [0.15, 0.2) is 78.9 Å². The summed E-state index contributed by atoms with van der Waals surface area (Å²) in [6.07, 6.45) is 3.09. The van der Waals surface area contributed by atoms with Crippen molar-refractivity contribution >= 4 is 29.2 Å². The summed E-state index contributed by atoms with van der Waals surface area (Å²) in [5.74, 6) is -0.720. The Bertz CT molecular complexity index is 913. The Kier molecular flexibility index (Phi) is 6.73. The molecule has 0 spiro atoms. The quantitative estimate of drug-likeness (QED) is 0.325. The first-order valence-corrected chi connectivity index (χ1v) is 9.59. The molecule has 3 N–H and O–H groups in total. The third kappa shape index (κ3) is 5.16. The number of carbonyl (C=O) groups excluding carboxylic acids is 2. The SMILES string of the molecule is O=C(/C=C/c1ccc(C(=O)NO)s1)NCC(c1ccccc1)c1ccccc1. The molecule has 0 aliphatic rings. The summed E-state index contributed by atoms with van der Waals surface area (Å²) < 4.78 is 0. The molecule has 2 amide bonds. The molecule has 0 aliphatic carbocycles. The Hall–Kier alpha value is -3.22. The van der Waals surface area contributed by atoms with Gasteiger partial charge in [-0.3, -0.25) is 14.8 Å². The fraction of sp³-hybridized carbons (Fsp3) is 0.0909. The predicted molar refractivity (Wildman–Crippen MR) is 110 cm³/mol. The molecule has 0 fully saturated rings. The lowest BCUT2D eigenvalue weighted by Crippen LogP contribution is -2.27. The highest BCUT2D eigenvalue weighted by Crippen LogP contribution is 2.23. The van der Waals surface area contributed by atoms with Crippen LogP contribution in [-0.2, 0) is 4.79 Å². The van der Waals surface area contributed by atoms with E-state index in [-0.39, 0.29) is 11.8 Å². The zero-order valence-electron chi connectivity index (χ0n) is 15.0. The van der Waals surface area contributed by atoms with Crippen molar-refractivity contribution in [3.05, 3.63) is 99.8 Å². The van der Waals surface area contributed by atoms with E-state index in [2.05, 4.69) is 29.6 Å².